The van der Waals surface area contributed by atoms with Gasteiger partial charge in [0.05, 0.1) is 0 Å². The number of carbonyl (C=O) groups excluding carboxylic acids is 1. The first kappa shape index (κ1) is 14.8. The van der Waals surface area contributed by atoms with Gasteiger partial charge in [-0.15, -0.1) is 0 Å². The van der Waals surface area contributed by atoms with E-state index in [-0.39, 0.29) is 5.91 Å². The topological polar surface area (TPSA) is 55.1 Å². The molecule has 1 heterocycles. The molecule has 1 aliphatic heterocycles. The maximum atomic E-state index is 11.6. The number of nitrogens with two attached hydrogens (primary N) is 1. The number of hydrogen-bond donors (Lipinski definition) is 2. The van der Waals surface area contributed by atoms with Gasteiger partial charge in [0, 0.05) is 18.2 Å². The molecular formula is C13H26N2OS. The van der Waals surface area contributed by atoms with Crippen LogP contribution < -0.4 is 11.1 Å². The first-order valence-corrected chi connectivity index (χ1v) is 7.85. The van der Waals surface area contributed by atoms with Crippen molar-refractivity contribution in [2.75, 3.05) is 18.8 Å². The number of amides is 1. The smallest absolute Gasteiger partial charge is 0.220 e. The minimum absolute atomic E-state index is 0.208. The third-order valence-corrected chi connectivity index (χ3v) is 4.72. The highest BCUT2D eigenvalue weighted by atomic mass is 32.2. The lowest BCUT2D eigenvalue weighted by atomic mass is 10.0. The zero-order chi connectivity index (χ0) is 12.5. The Balaban J connectivity index is 2.04. The van der Waals surface area contributed by atoms with Gasteiger partial charge in [-0.2, -0.15) is 11.8 Å². The zero-order valence-corrected chi connectivity index (χ0v) is 11.7. The molecular weight excluding hydrogens is 232 g/mol. The van der Waals surface area contributed by atoms with Gasteiger partial charge in [0.25, 0.3) is 0 Å². The molecule has 1 fully saturated rings. The second-order valence-electron chi connectivity index (χ2n) is 5.01. The number of rotatable bonds is 7. The maximum absolute atomic E-state index is 11.6. The normalized spacial score (nSPS) is 22.1. The molecule has 0 saturated carbocycles. The zero-order valence-electron chi connectivity index (χ0n) is 10.9. The molecule has 1 amide bonds. The average molecular weight is 258 g/mol. The van der Waals surface area contributed by atoms with Crippen LogP contribution in [-0.2, 0) is 4.79 Å². The maximum Gasteiger partial charge on any atom is 0.220 e. The van der Waals surface area contributed by atoms with Crippen molar-refractivity contribution < 1.29 is 4.79 Å². The molecule has 2 atom stereocenters. The Bertz CT molecular complexity index is 217. The number of hydrogen-bond acceptors (Lipinski definition) is 3. The Kier molecular flexibility index (Phi) is 7.69. The predicted molar refractivity (Wildman–Crippen MR) is 75.2 cm³/mol. The van der Waals surface area contributed by atoms with Crippen LogP contribution in [-0.4, -0.2) is 30.0 Å². The highest BCUT2D eigenvalue weighted by Crippen LogP contribution is 2.24. The Hall–Kier alpha value is -0.220. The summed E-state index contributed by atoms with van der Waals surface area (Å²) in [5.74, 6) is 2.03. The fraction of sp³-hybridized carbons (Fsp3) is 0.923. The lowest BCUT2D eigenvalue weighted by molar-refractivity contribution is -0.121. The van der Waals surface area contributed by atoms with E-state index in [1.807, 2.05) is 11.8 Å². The Morgan fingerprint density at radius 1 is 1.47 bits per heavy atom. The number of thioether (sulfide) groups is 1. The van der Waals surface area contributed by atoms with E-state index < -0.39 is 0 Å². The molecule has 3 nitrogen and oxygen atoms in total. The van der Waals surface area contributed by atoms with E-state index in [4.69, 9.17) is 5.73 Å². The molecule has 17 heavy (non-hydrogen) atoms. The van der Waals surface area contributed by atoms with Gasteiger partial charge in [-0.3, -0.25) is 4.79 Å². The van der Waals surface area contributed by atoms with Gasteiger partial charge in [-0.25, -0.2) is 0 Å². The lowest BCUT2D eigenvalue weighted by Crippen LogP contribution is -2.32. The van der Waals surface area contributed by atoms with E-state index >= 15 is 0 Å². The summed E-state index contributed by atoms with van der Waals surface area (Å²) >= 11 is 2.01. The minimum Gasteiger partial charge on any atom is -0.355 e. The first-order chi connectivity index (χ1) is 8.22. The van der Waals surface area contributed by atoms with E-state index in [1.165, 1.54) is 25.0 Å². The third-order valence-electron chi connectivity index (χ3n) is 3.32. The molecule has 0 bridgehead atoms. The summed E-state index contributed by atoms with van der Waals surface area (Å²) in [6.45, 7) is 3.74. The van der Waals surface area contributed by atoms with Crippen LogP contribution in [0.15, 0.2) is 0 Å². The van der Waals surface area contributed by atoms with Crippen molar-refractivity contribution in [3.63, 3.8) is 0 Å². The van der Waals surface area contributed by atoms with Crippen LogP contribution in [0.2, 0.25) is 0 Å². The summed E-state index contributed by atoms with van der Waals surface area (Å²) in [4.78, 5) is 11.6. The van der Waals surface area contributed by atoms with Gasteiger partial charge in [0.15, 0.2) is 0 Å². The molecule has 1 rings (SSSR count). The summed E-state index contributed by atoms with van der Waals surface area (Å²) in [6, 6.07) is 0. The molecule has 3 N–H and O–H groups in total. The van der Waals surface area contributed by atoms with E-state index in [0.717, 1.165) is 25.9 Å². The van der Waals surface area contributed by atoms with E-state index in [0.29, 0.717) is 17.6 Å². The van der Waals surface area contributed by atoms with Gasteiger partial charge in [0.2, 0.25) is 5.91 Å². The highest BCUT2D eigenvalue weighted by molar-refractivity contribution is 7.99. The monoisotopic (exact) mass is 258 g/mol. The molecule has 1 aliphatic rings. The molecule has 4 heteroatoms. The molecule has 0 aromatic rings. The van der Waals surface area contributed by atoms with Crippen molar-refractivity contribution in [1.29, 1.82) is 0 Å². The van der Waals surface area contributed by atoms with Gasteiger partial charge in [-0.05, 0) is 43.9 Å². The fourth-order valence-corrected chi connectivity index (χ4v) is 3.33. The highest BCUT2D eigenvalue weighted by Gasteiger charge is 2.14. The summed E-state index contributed by atoms with van der Waals surface area (Å²) in [5.41, 5.74) is 5.49. The van der Waals surface area contributed by atoms with Crippen molar-refractivity contribution in [1.82, 2.24) is 5.32 Å². The fourth-order valence-electron chi connectivity index (χ4n) is 2.09. The molecule has 0 aromatic carbocycles. The Morgan fingerprint density at radius 2 is 2.29 bits per heavy atom. The van der Waals surface area contributed by atoms with Gasteiger partial charge in [-0.1, -0.05) is 13.3 Å². The number of nitrogens with one attached hydrogen (secondary N) is 1. The van der Waals surface area contributed by atoms with E-state index in [9.17, 15) is 4.79 Å². The van der Waals surface area contributed by atoms with Gasteiger partial charge in [0.1, 0.15) is 0 Å². The van der Waals surface area contributed by atoms with Crippen LogP contribution in [0.5, 0.6) is 0 Å². The van der Waals surface area contributed by atoms with Crippen LogP contribution >= 0.6 is 11.8 Å². The van der Waals surface area contributed by atoms with Gasteiger partial charge >= 0.3 is 0 Å². The van der Waals surface area contributed by atoms with Gasteiger partial charge < -0.3 is 11.1 Å². The second kappa shape index (κ2) is 8.81. The third kappa shape index (κ3) is 6.94. The molecule has 0 radical (unpaired) electrons. The lowest BCUT2D eigenvalue weighted by Gasteiger charge is -2.21. The Morgan fingerprint density at radius 3 is 2.94 bits per heavy atom. The number of carbonyl (C=O) groups is 1. The first-order valence-electron chi connectivity index (χ1n) is 6.80. The SMILES string of the molecule is CC(CCN)CCC(=O)NCC1CCCCS1. The molecule has 0 aliphatic carbocycles. The largest absolute Gasteiger partial charge is 0.355 e. The van der Waals surface area contributed by atoms with Crippen LogP contribution in [0.4, 0.5) is 0 Å². The molecule has 1 saturated heterocycles. The molecule has 0 spiro atoms. The van der Waals surface area contributed by atoms with Crippen molar-refractivity contribution in [2.24, 2.45) is 11.7 Å². The van der Waals surface area contributed by atoms with Crippen molar-refractivity contribution in [2.45, 2.75) is 50.7 Å². The summed E-state index contributed by atoms with van der Waals surface area (Å²) in [5, 5.41) is 3.71. The van der Waals surface area contributed by atoms with Crippen molar-refractivity contribution in [3.05, 3.63) is 0 Å². The van der Waals surface area contributed by atoms with E-state index in [1.54, 1.807) is 0 Å². The quantitative estimate of drug-likeness (QED) is 0.736. The standard InChI is InChI=1S/C13H26N2OS/c1-11(7-8-14)5-6-13(16)15-10-12-4-2-3-9-17-12/h11-12H,2-10,14H2,1H3,(H,15,16). The Labute approximate surface area is 109 Å². The summed E-state index contributed by atoms with van der Waals surface area (Å²) in [6.07, 6.45) is 6.55. The van der Waals surface area contributed by atoms with Crippen LogP contribution in [0.3, 0.4) is 0 Å². The summed E-state index contributed by atoms with van der Waals surface area (Å²) < 4.78 is 0. The minimum atomic E-state index is 0.208. The van der Waals surface area contributed by atoms with Crippen molar-refractivity contribution in [3.8, 4) is 0 Å². The molecule has 100 valence electrons. The predicted octanol–water partition coefficient (Wildman–Crippen LogP) is 2.15. The summed E-state index contributed by atoms with van der Waals surface area (Å²) in [7, 11) is 0. The van der Waals surface area contributed by atoms with Crippen LogP contribution in [0.1, 0.15) is 45.4 Å². The van der Waals surface area contributed by atoms with Crippen LogP contribution in [0, 0.1) is 5.92 Å². The second-order valence-corrected chi connectivity index (χ2v) is 6.42. The molecule has 0 aromatic heterocycles. The average Bonchev–Trinajstić information content (AvgIpc) is 2.35. The van der Waals surface area contributed by atoms with Crippen molar-refractivity contribution >= 4 is 17.7 Å². The van der Waals surface area contributed by atoms with Crippen LogP contribution in [0.25, 0.3) is 0 Å². The van der Waals surface area contributed by atoms with E-state index in [2.05, 4.69) is 12.2 Å². The molecule has 2 unspecified atom stereocenters.